The maximum atomic E-state index is 10.7. The van der Waals surface area contributed by atoms with Crippen molar-refractivity contribution < 1.29 is 5.11 Å². The second kappa shape index (κ2) is 10.1. The minimum absolute atomic E-state index is 0.439. The van der Waals surface area contributed by atoms with Crippen LogP contribution < -0.4 is 0 Å². The Kier molecular flexibility index (Phi) is 7.54. The molecule has 0 radical (unpaired) electrons. The van der Waals surface area contributed by atoms with E-state index < -0.39 is 0 Å². The third-order valence-electron chi connectivity index (χ3n) is 3.97. The zero-order valence-electron chi connectivity index (χ0n) is 14.4. The summed E-state index contributed by atoms with van der Waals surface area (Å²) in [6.07, 6.45) is 0. The van der Waals surface area contributed by atoms with Gasteiger partial charge in [0.2, 0.25) is 0 Å². The zero-order valence-corrected chi connectivity index (χ0v) is 17.6. The van der Waals surface area contributed by atoms with Gasteiger partial charge in [0.05, 0.1) is 0 Å². The number of phenolic OH excluding ortho intramolecular Hbond substituents is 1. The number of thioether (sulfide) groups is 2. The van der Waals surface area contributed by atoms with Gasteiger partial charge in [-0.15, -0.1) is 0 Å². The molecule has 0 amide bonds. The second-order valence-electron chi connectivity index (χ2n) is 6.03. The van der Waals surface area contributed by atoms with Gasteiger partial charge < -0.3 is 5.11 Å². The maximum absolute atomic E-state index is 10.7. The van der Waals surface area contributed by atoms with Crippen LogP contribution in [-0.2, 0) is 23.0 Å². The highest BCUT2D eigenvalue weighted by molar-refractivity contribution is 9.10. The molecule has 1 N–H and O–H groups in total. The standard InChI is InChI=1S/C22H21BrOS2/c23-21-11-19(15-25-13-17-7-3-1-4-8-17)22(24)20(12-21)16-26-14-18-9-5-2-6-10-18/h1-12,24H,13-16H2. The van der Waals surface area contributed by atoms with Gasteiger partial charge in [0, 0.05) is 38.6 Å². The Balaban J connectivity index is 1.58. The van der Waals surface area contributed by atoms with Crippen LogP contribution in [0.15, 0.2) is 77.3 Å². The average Bonchev–Trinajstić information content (AvgIpc) is 2.67. The number of hydrogen-bond acceptors (Lipinski definition) is 3. The van der Waals surface area contributed by atoms with Crippen molar-refractivity contribution in [3.05, 3.63) is 99.5 Å². The monoisotopic (exact) mass is 444 g/mol. The molecule has 134 valence electrons. The summed E-state index contributed by atoms with van der Waals surface area (Å²) in [6, 6.07) is 24.9. The lowest BCUT2D eigenvalue weighted by Crippen LogP contribution is -1.91. The van der Waals surface area contributed by atoms with Crippen molar-refractivity contribution in [3.63, 3.8) is 0 Å². The topological polar surface area (TPSA) is 20.2 Å². The fourth-order valence-corrected chi connectivity index (χ4v) is 5.14. The van der Waals surface area contributed by atoms with Crippen LogP contribution in [0.5, 0.6) is 5.75 Å². The van der Waals surface area contributed by atoms with Crippen molar-refractivity contribution in [1.29, 1.82) is 0 Å². The van der Waals surface area contributed by atoms with Crippen molar-refractivity contribution in [3.8, 4) is 5.75 Å². The van der Waals surface area contributed by atoms with Gasteiger partial charge in [-0.05, 0) is 23.3 Å². The third kappa shape index (κ3) is 5.83. The van der Waals surface area contributed by atoms with E-state index in [0.717, 1.165) is 38.6 Å². The fraction of sp³-hybridized carbons (Fsp3) is 0.182. The Labute approximate surface area is 172 Å². The Morgan fingerprint density at radius 1 is 0.654 bits per heavy atom. The van der Waals surface area contributed by atoms with E-state index in [-0.39, 0.29) is 0 Å². The molecule has 0 saturated carbocycles. The zero-order chi connectivity index (χ0) is 18.2. The minimum atomic E-state index is 0.439. The molecule has 0 aromatic heterocycles. The molecule has 0 fully saturated rings. The highest BCUT2D eigenvalue weighted by Crippen LogP contribution is 2.34. The second-order valence-corrected chi connectivity index (χ2v) is 8.92. The molecule has 1 nitrogen and oxygen atoms in total. The van der Waals surface area contributed by atoms with E-state index in [1.54, 1.807) is 0 Å². The molecular formula is C22H21BrOS2. The first-order valence-corrected chi connectivity index (χ1v) is 11.6. The predicted molar refractivity (Wildman–Crippen MR) is 119 cm³/mol. The number of halogens is 1. The van der Waals surface area contributed by atoms with E-state index in [9.17, 15) is 5.11 Å². The van der Waals surface area contributed by atoms with E-state index in [1.807, 2.05) is 47.8 Å². The van der Waals surface area contributed by atoms with E-state index in [4.69, 9.17) is 0 Å². The summed E-state index contributed by atoms with van der Waals surface area (Å²) in [5.41, 5.74) is 4.61. The Morgan fingerprint density at radius 2 is 1.08 bits per heavy atom. The van der Waals surface area contributed by atoms with E-state index in [2.05, 4.69) is 64.5 Å². The van der Waals surface area contributed by atoms with Gasteiger partial charge in [-0.25, -0.2) is 0 Å². The van der Waals surface area contributed by atoms with Crippen molar-refractivity contribution in [2.45, 2.75) is 23.0 Å². The molecule has 0 aliphatic heterocycles. The molecule has 3 rings (SSSR count). The molecule has 0 bridgehead atoms. The maximum Gasteiger partial charge on any atom is 0.123 e. The van der Waals surface area contributed by atoms with Crippen molar-refractivity contribution in [2.24, 2.45) is 0 Å². The van der Waals surface area contributed by atoms with Gasteiger partial charge in [-0.3, -0.25) is 0 Å². The molecule has 0 spiro atoms. The van der Waals surface area contributed by atoms with Gasteiger partial charge in [-0.1, -0.05) is 76.6 Å². The molecule has 26 heavy (non-hydrogen) atoms. The lowest BCUT2D eigenvalue weighted by Gasteiger charge is -2.11. The number of hydrogen-bond donors (Lipinski definition) is 1. The highest BCUT2D eigenvalue weighted by atomic mass is 79.9. The lowest BCUT2D eigenvalue weighted by atomic mass is 10.1. The summed E-state index contributed by atoms with van der Waals surface area (Å²) in [5.74, 6) is 3.94. The van der Waals surface area contributed by atoms with E-state index >= 15 is 0 Å². The van der Waals surface area contributed by atoms with Crippen molar-refractivity contribution in [1.82, 2.24) is 0 Å². The summed E-state index contributed by atoms with van der Waals surface area (Å²) in [5, 5.41) is 10.7. The van der Waals surface area contributed by atoms with Gasteiger partial charge in [0.25, 0.3) is 0 Å². The van der Waals surface area contributed by atoms with Crippen molar-refractivity contribution >= 4 is 39.5 Å². The third-order valence-corrected chi connectivity index (χ3v) is 6.53. The Bertz CT molecular complexity index is 756. The molecule has 4 heteroatoms. The van der Waals surface area contributed by atoms with E-state index in [1.165, 1.54) is 11.1 Å². The van der Waals surface area contributed by atoms with Crippen LogP contribution in [0.3, 0.4) is 0 Å². The number of rotatable bonds is 8. The summed E-state index contributed by atoms with van der Waals surface area (Å²) in [7, 11) is 0. The van der Waals surface area contributed by atoms with Crippen LogP contribution in [0.1, 0.15) is 22.3 Å². The molecule has 3 aromatic rings. The molecule has 0 unspecified atom stereocenters. The average molecular weight is 445 g/mol. The first kappa shape index (κ1) is 19.4. The van der Waals surface area contributed by atoms with Gasteiger partial charge >= 0.3 is 0 Å². The summed E-state index contributed by atoms with van der Waals surface area (Å²) >= 11 is 7.24. The number of benzene rings is 3. The summed E-state index contributed by atoms with van der Waals surface area (Å²) < 4.78 is 1.03. The van der Waals surface area contributed by atoms with Crippen molar-refractivity contribution in [2.75, 3.05) is 0 Å². The number of phenols is 1. The Morgan fingerprint density at radius 3 is 1.50 bits per heavy atom. The van der Waals surface area contributed by atoms with Crippen LogP contribution in [0.2, 0.25) is 0 Å². The summed E-state index contributed by atoms with van der Waals surface area (Å²) in [6.45, 7) is 0. The molecule has 0 aliphatic rings. The van der Waals surface area contributed by atoms with Crippen LogP contribution >= 0.6 is 39.5 Å². The van der Waals surface area contributed by atoms with Gasteiger partial charge in [0.1, 0.15) is 5.75 Å². The predicted octanol–water partition coefficient (Wildman–Crippen LogP) is 7.02. The first-order valence-electron chi connectivity index (χ1n) is 8.46. The van der Waals surface area contributed by atoms with Crippen LogP contribution in [-0.4, -0.2) is 5.11 Å². The molecule has 3 aromatic carbocycles. The van der Waals surface area contributed by atoms with Crippen LogP contribution in [0, 0.1) is 0 Å². The molecular weight excluding hydrogens is 424 g/mol. The highest BCUT2D eigenvalue weighted by Gasteiger charge is 2.10. The minimum Gasteiger partial charge on any atom is -0.507 e. The molecule has 0 atom stereocenters. The Hall–Kier alpha value is -1.36. The first-order chi connectivity index (χ1) is 12.7. The SMILES string of the molecule is Oc1c(CSCc2ccccc2)cc(Br)cc1CSCc1ccccc1. The molecule has 0 saturated heterocycles. The summed E-state index contributed by atoms with van der Waals surface area (Å²) in [4.78, 5) is 0. The van der Waals surface area contributed by atoms with Gasteiger partial charge in [-0.2, -0.15) is 23.5 Å². The van der Waals surface area contributed by atoms with Gasteiger partial charge in [0.15, 0.2) is 0 Å². The smallest absolute Gasteiger partial charge is 0.123 e. The fourth-order valence-electron chi connectivity index (χ4n) is 2.64. The largest absolute Gasteiger partial charge is 0.507 e. The molecule has 0 heterocycles. The normalized spacial score (nSPS) is 10.8. The lowest BCUT2D eigenvalue weighted by molar-refractivity contribution is 0.466. The number of aromatic hydroxyl groups is 1. The van der Waals surface area contributed by atoms with Crippen LogP contribution in [0.25, 0.3) is 0 Å². The van der Waals surface area contributed by atoms with E-state index in [0.29, 0.717) is 5.75 Å². The van der Waals surface area contributed by atoms with Crippen LogP contribution in [0.4, 0.5) is 0 Å². The molecule has 0 aliphatic carbocycles. The quantitative estimate of drug-likeness (QED) is 0.402.